The lowest BCUT2D eigenvalue weighted by Crippen LogP contribution is -2.41. The Balaban J connectivity index is 2.02. The van der Waals surface area contributed by atoms with Crippen LogP contribution in [-0.4, -0.2) is 11.8 Å². The molecule has 5 nitrogen and oxygen atoms in total. The van der Waals surface area contributed by atoms with Crippen molar-refractivity contribution in [3.05, 3.63) is 63.6 Å². The van der Waals surface area contributed by atoms with Gasteiger partial charge < -0.3 is 5.73 Å². The lowest BCUT2D eigenvalue weighted by Gasteiger charge is -2.09. The number of anilines is 1. The average Bonchev–Trinajstić information content (AvgIpc) is 2.47. The van der Waals surface area contributed by atoms with Crippen LogP contribution < -0.4 is 16.6 Å². The molecule has 0 radical (unpaired) electrons. The van der Waals surface area contributed by atoms with E-state index in [1.54, 1.807) is 18.2 Å². The molecule has 21 heavy (non-hydrogen) atoms. The van der Waals surface area contributed by atoms with Crippen molar-refractivity contribution in [3.63, 3.8) is 0 Å². The highest BCUT2D eigenvalue weighted by Gasteiger charge is 2.12. The molecule has 0 aliphatic heterocycles. The van der Waals surface area contributed by atoms with Crippen LogP contribution in [0.2, 0.25) is 10.0 Å². The van der Waals surface area contributed by atoms with Crippen molar-refractivity contribution in [1.29, 1.82) is 0 Å². The Kier molecular flexibility index (Phi) is 4.67. The van der Waals surface area contributed by atoms with Crippen LogP contribution in [0.1, 0.15) is 20.7 Å². The number of amides is 2. The van der Waals surface area contributed by atoms with E-state index in [-0.39, 0.29) is 11.3 Å². The number of hydrazine groups is 1. The molecule has 2 aromatic carbocycles. The maximum absolute atomic E-state index is 11.9. The summed E-state index contributed by atoms with van der Waals surface area (Å²) in [5, 5.41) is 0.890. The van der Waals surface area contributed by atoms with Gasteiger partial charge in [0.1, 0.15) is 0 Å². The van der Waals surface area contributed by atoms with E-state index in [0.29, 0.717) is 15.6 Å². The minimum Gasteiger partial charge on any atom is -0.398 e. The molecule has 2 rings (SSSR count). The molecular weight excluding hydrogens is 313 g/mol. The van der Waals surface area contributed by atoms with E-state index < -0.39 is 11.8 Å². The summed E-state index contributed by atoms with van der Waals surface area (Å²) in [6.07, 6.45) is 0. The second-order valence-electron chi connectivity index (χ2n) is 4.15. The van der Waals surface area contributed by atoms with Gasteiger partial charge in [-0.3, -0.25) is 20.4 Å². The lowest BCUT2D eigenvalue weighted by atomic mass is 10.2. The van der Waals surface area contributed by atoms with Crippen molar-refractivity contribution < 1.29 is 9.59 Å². The third-order valence-electron chi connectivity index (χ3n) is 2.66. The van der Waals surface area contributed by atoms with Gasteiger partial charge in [0.25, 0.3) is 11.8 Å². The van der Waals surface area contributed by atoms with Gasteiger partial charge in [-0.15, -0.1) is 0 Å². The summed E-state index contributed by atoms with van der Waals surface area (Å²) in [5.74, 6) is -1.03. The summed E-state index contributed by atoms with van der Waals surface area (Å²) in [6, 6.07) is 10.7. The van der Waals surface area contributed by atoms with Crippen LogP contribution in [0.4, 0.5) is 5.69 Å². The quantitative estimate of drug-likeness (QED) is 0.586. The van der Waals surface area contributed by atoms with Crippen LogP contribution in [0, 0.1) is 0 Å². The molecule has 4 N–H and O–H groups in total. The van der Waals surface area contributed by atoms with E-state index in [1.165, 1.54) is 24.3 Å². The Labute approximate surface area is 131 Å². The Bertz CT molecular complexity index is 687. The second kappa shape index (κ2) is 6.47. The predicted octanol–water partition coefficient (Wildman–Crippen LogP) is 2.65. The second-order valence-corrected chi connectivity index (χ2v) is 5.02. The van der Waals surface area contributed by atoms with Crippen LogP contribution in [0.15, 0.2) is 42.5 Å². The first-order valence-electron chi connectivity index (χ1n) is 5.88. The zero-order chi connectivity index (χ0) is 15.4. The monoisotopic (exact) mass is 323 g/mol. The summed E-state index contributed by atoms with van der Waals surface area (Å²) in [5.41, 5.74) is 11.0. The number of halogens is 2. The van der Waals surface area contributed by atoms with Gasteiger partial charge in [0.05, 0.1) is 5.56 Å². The molecule has 0 saturated heterocycles. The van der Waals surface area contributed by atoms with Crippen LogP contribution in [0.5, 0.6) is 0 Å². The van der Waals surface area contributed by atoms with Gasteiger partial charge >= 0.3 is 0 Å². The number of benzene rings is 2. The molecule has 0 heterocycles. The molecule has 2 amide bonds. The molecule has 0 atom stereocenters. The van der Waals surface area contributed by atoms with Crippen LogP contribution in [0.3, 0.4) is 0 Å². The molecule has 0 aliphatic rings. The van der Waals surface area contributed by atoms with E-state index in [4.69, 9.17) is 28.9 Å². The molecule has 0 aromatic heterocycles. The summed E-state index contributed by atoms with van der Waals surface area (Å²) in [4.78, 5) is 23.7. The third-order valence-corrected chi connectivity index (χ3v) is 3.14. The van der Waals surface area contributed by atoms with Crippen molar-refractivity contribution in [3.8, 4) is 0 Å². The summed E-state index contributed by atoms with van der Waals surface area (Å²) in [7, 11) is 0. The Morgan fingerprint density at radius 1 is 0.857 bits per heavy atom. The smallest absolute Gasteiger partial charge is 0.271 e. The fourth-order valence-electron chi connectivity index (χ4n) is 1.58. The number of rotatable bonds is 2. The van der Waals surface area contributed by atoms with Crippen LogP contribution >= 0.6 is 23.2 Å². The van der Waals surface area contributed by atoms with Crippen LogP contribution in [0.25, 0.3) is 0 Å². The minimum absolute atomic E-state index is 0.180. The van der Waals surface area contributed by atoms with E-state index in [9.17, 15) is 9.59 Å². The highest BCUT2D eigenvalue weighted by molar-refractivity contribution is 6.31. The van der Waals surface area contributed by atoms with E-state index >= 15 is 0 Å². The molecule has 0 spiro atoms. The van der Waals surface area contributed by atoms with Crippen molar-refractivity contribution in [2.45, 2.75) is 0 Å². The van der Waals surface area contributed by atoms with Crippen molar-refractivity contribution >= 4 is 40.7 Å². The highest BCUT2D eigenvalue weighted by Crippen LogP contribution is 2.17. The number of hydrogen-bond donors (Lipinski definition) is 3. The zero-order valence-electron chi connectivity index (χ0n) is 10.7. The Morgan fingerprint density at radius 3 is 2.10 bits per heavy atom. The fourth-order valence-corrected chi connectivity index (χ4v) is 1.88. The molecule has 0 saturated carbocycles. The van der Waals surface area contributed by atoms with Gasteiger partial charge in [-0.25, -0.2) is 0 Å². The molecule has 7 heteroatoms. The van der Waals surface area contributed by atoms with Crippen molar-refractivity contribution in [1.82, 2.24) is 10.9 Å². The van der Waals surface area contributed by atoms with Gasteiger partial charge in [-0.1, -0.05) is 23.2 Å². The molecule has 2 aromatic rings. The normalized spacial score (nSPS) is 10.0. The topological polar surface area (TPSA) is 84.2 Å². The molecule has 0 fully saturated rings. The maximum atomic E-state index is 11.9. The average molecular weight is 324 g/mol. The van der Waals surface area contributed by atoms with Gasteiger partial charge in [0, 0.05) is 21.3 Å². The number of nitrogens with two attached hydrogens (primary N) is 1. The highest BCUT2D eigenvalue weighted by atomic mass is 35.5. The first-order valence-corrected chi connectivity index (χ1v) is 6.64. The van der Waals surface area contributed by atoms with E-state index in [2.05, 4.69) is 10.9 Å². The van der Waals surface area contributed by atoms with Crippen LogP contribution in [-0.2, 0) is 0 Å². The predicted molar refractivity (Wildman–Crippen MR) is 82.2 cm³/mol. The largest absolute Gasteiger partial charge is 0.398 e. The molecular formula is C14H11Cl2N3O2. The lowest BCUT2D eigenvalue weighted by molar-refractivity contribution is 0.0847. The number of nitrogens with one attached hydrogen (secondary N) is 2. The number of hydrogen-bond acceptors (Lipinski definition) is 3. The summed E-state index contributed by atoms with van der Waals surface area (Å²) in [6.45, 7) is 0. The first kappa shape index (κ1) is 15.2. The number of carbonyl (C=O) groups excluding carboxylic acids is 2. The van der Waals surface area contributed by atoms with Gasteiger partial charge in [0.2, 0.25) is 0 Å². The number of carbonyl (C=O) groups is 2. The van der Waals surface area contributed by atoms with E-state index in [1.807, 2.05) is 0 Å². The van der Waals surface area contributed by atoms with Gasteiger partial charge in [0.15, 0.2) is 0 Å². The minimum atomic E-state index is -0.558. The maximum Gasteiger partial charge on any atom is 0.271 e. The van der Waals surface area contributed by atoms with Crippen molar-refractivity contribution in [2.24, 2.45) is 0 Å². The molecule has 0 bridgehead atoms. The Hall–Kier alpha value is -2.24. The molecule has 0 aliphatic carbocycles. The Morgan fingerprint density at radius 2 is 1.43 bits per heavy atom. The molecule has 108 valence electrons. The van der Waals surface area contributed by atoms with Crippen molar-refractivity contribution in [2.75, 3.05) is 5.73 Å². The third kappa shape index (κ3) is 3.87. The summed E-state index contributed by atoms with van der Waals surface area (Å²) >= 11 is 11.5. The first-order chi connectivity index (χ1) is 9.97. The molecule has 0 unspecified atom stereocenters. The van der Waals surface area contributed by atoms with Gasteiger partial charge in [-0.2, -0.15) is 0 Å². The number of nitrogen functional groups attached to an aromatic ring is 1. The fraction of sp³-hybridized carbons (Fsp3) is 0. The summed E-state index contributed by atoms with van der Waals surface area (Å²) < 4.78 is 0. The zero-order valence-corrected chi connectivity index (χ0v) is 12.2. The SMILES string of the molecule is Nc1ccc(Cl)cc1C(=O)NNC(=O)c1ccc(Cl)cc1. The standard InChI is InChI=1S/C14H11Cl2N3O2/c15-9-3-1-8(2-4-9)13(20)18-19-14(21)11-7-10(16)5-6-12(11)17/h1-7H,17H2,(H,18,20)(H,19,21). The van der Waals surface area contributed by atoms with E-state index in [0.717, 1.165) is 0 Å². The van der Waals surface area contributed by atoms with Gasteiger partial charge in [-0.05, 0) is 42.5 Å².